The molecule has 0 amide bonds. The van der Waals surface area contributed by atoms with Gasteiger partial charge < -0.3 is 23.3 Å². The van der Waals surface area contributed by atoms with Crippen molar-refractivity contribution in [3.8, 4) is 0 Å². The van der Waals surface area contributed by atoms with E-state index in [-0.39, 0.29) is 5.76 Å². The van der Waals surface area contributed by atoms with E-state index in [0.29, 0.717) is 12.2 Å². The van der Waals surface area contributed by atoms with Crippen LogP contribution in [0.4, 0.5) is 11.4 Å². The molecular weight excluding hydrogens is 494 g/mol. The van der Waals surface area contributed by atoms with Crippen molar-refractivity contribution in [2.24, 2.45) is 0 Å². The van der Waals surface area contributed by atoms with E-state index in [2.05, 4.69) is 87.9 Å². The number of hydrogen-bond acceptors (Lipinski definition) is 7. The standard InChI is InChI=1S/C31H35N3O3S/c1-4-36-31(35)30-23(2)28-22-27(14-15-29(28)37-30)38-34(17-16-24-8-6-5-7-9-24)26-12-10-25(11-13-26)33-20-18-32(3)19-21-33/h5-15,22H,4,16-21H2,1-3H3. The van der Waals surface area contributed by atoms with E-state index < -0.39 is 5.97 Å². The molecule has 4 aromatic rings. The molecular formula is C31H35N3O3S. The number of carbonyl (C=O) groups excluding carboxylic acids is 1. The van der Waals surface area contributed by atoms with Gasteiger partial charge in [-0.2, -0.15) is 0 Å². The van der Waals surface area contributed by atoms with Crippen LogP contribution < -0.4 is 9.21 Å². The summed E-state index contributed by atoms with van der Waals surface area (Å²) >= 11 is 1.71. The first kappa shape index (κ1) is 26.2. The summed E-state index contributed by atoms with van der Waals surface area (Å²) in [6, 6.07) is 25.6. The van der Waals surface area contributed by atoms with Gasteiger partial charge in [-0.15, -0.1) is 0 Å². The molecule has 0 spiro atoms. The van der Waals surface area contributed by atoms with Crippen molar-refractivity contribution in [2.75, 3.05) is 55.6 Å². The van der Waals surface area contributed by atoms with Gasteiger partial charge in [0.2, 0.25) is 5.76 Å². The molecule has 0 N–H and O–H groups in total. The smallest absolute Gasteiger partial charge is 0.374 e. The van der Waals surface area contributed by atoms with Crippen LogP contribution in [-0.2, 0) is 11.2 Å². The number of piperazine rings is 1. The van der Waals surface area contributed by atoms with Crippen LogP contribution in [0.1, 0.15) is 28.6 Å². The van der Waals surface area contributed by atoms with Crippen LogP contribution in [0.25, 0.3) is 11.0 Å². The van der Waals surface area contributed by atoms with Gasteiger partial charge in [-0.3, -0.25) is 0 Å². The Kier molecular flexibility index (Phi) is 8.25. The van der Waals surface area contributed by atoms with Crippen LogP contribution in [0.15, 0.2) is 82.1 Å². The molecule has 1 aliphatic rings. The van der Waals surface area contributed by atoms with Gasteiger partial charge in [0.05, 0.1) is 6.61 Å². The lowest BCUT2D eigenvalue weighted by molar-refractivity contribution is 0.0491. The number of likely N-dealkylation sites (N-methyl/N-ethyl adjacent to an activating group) is 1. The molecule has 38 heavy (non-hydrogen) atoms. The normalized spacial score (nSPS) is 14.1. The number of furan rings is 1. The number of aryl methyl sites for hydroxylation is 1. The van der Waals surface area contributed by atoms with Gasteiger partial charge in [-0.1, -0.05) is 30.3 Å². The molecule has 6 nitrogen and oxygen atoms in total. The summed E-state index contributed by atoms with van der Waals surface area (Å²) in [5.74, 6) is -0.134. The maximum atomic E-state index is 12.3. The highest BCUT2D eigenvalue weighted by Gasteiger charge is 2.20. The average Bonchev–Trinajstić information content (AvgIpc) is 3.28. The Morgan fingerprint density at radius 3 is 2.45 bits per heavy atom. The van der Waals surface area contributed by atoms with Gasteiger partial charge in [0, 0.05) is 59.9 Å². The van der Waals surface area contributed by atoms with Crippen LogP contribution >= 0.6 is 11.9 Å². The van der Waals surface area contributed by atoms with Crippen molar-refractivity contribution in [1.29, 1.82) is 0 Å². The number of anilines is 2. The predicted octanol–water partition coefficient (Wildman–Crippen LogP) is 6.43. The molecule has 2 heterocycles. The quantitative estimate of drug-likeness (QED) is 0.183. The number of hydrogen-bond donors (Lipinski definition) is 0. The van der Waals surface area contributed by atoms with Crippen LogP contribution in [0.2, 0.25) is 0 Å². The van der Waals surface area contributed by atoms with Gasteiger partial charge >= 0.3 is 5.97 Å². The lowest BCUT2D eigenvalue weighted by Crippen LogP contribution is -2.44. The van der Waals surface area contributed by atoms with E-state index in [0.717, 1.165) is 55.0 Å². The SMILES string of the molecule is CCOC(=O)c1oc2ccc(SN(CCc3ccccc3)c3ccc(N4CCN(C)CC4)cc3)cc2c1C. The van der Waals surface area contributed by atoms with E-state index >= 15 is 0 Å². The Morgan fingerprint density at radius 1 is 1.00 bits per heavy atom. The molecule has 1 saturated heterocycles. The van der Waals surface area contributed by atoms with Crippen LogP contribution in [0, 0.1) is 6.92 Å². The van der Waals surface area contributed by atoms with E-state index in [1.54, 1.807) is 18.9 Å². The molecule has 1 aliphatic heterocycles. The van der Waals surface area contributed by atoms with Crippen molar-refractivity contribution in [3.63, 3.8) is 0 Å². The minimum absolute atomic E-state index is 0.282. The summed E-state index contributed by atoms with van der Waals surface area (Å²) in [5.41, 5.74) is 5.26. The average molecular weight is 530 g/mol. The number of fused-ring (bicyclic) bond motifs is 1. The second-order valence-electron chi connectivity index (χ2n) is 9.67. The second kappa shape index (κ2) is 12.0. The Labute approximate surface area is 229 Å². The van der Waals surface area contributed by atoms with Crippen LogP contribution in [0.5, 0.6) is 0 Å². The minimum atomic E-state index is -0.416. The summed E-state index contributed by atoms with van der Waals surface area (Å²) in [4.78, 5) is 18.3. The summed E-state index contributed by atoms with van der Waals surface area (Å²) in [5, 5.41) is 0.937. The first-order valence-electron chi connectivity index (χ1n) is 13.2. The highest BCUT2D eigenvalue weighted by molar-refractivity contribution is 8.00. The Balaban J connectivity index is 1.39. The number of nitrogens with zero attached hydrogens (tertiary/aromatic N) is 3. The first-order chi connectivity index (χ1) is 18.5. The predicted molar refractivity (Wildman–Crippen MR) is 156 cm³/mol. The number of carbonyl (C=O) groups is 1. The zero-order valence-electron chi connectivity index (χ0n) is 22.4. The van der Waals surface area contributed by atoms with Crippen molar-refractivity contribution in [3.05, 3.63) is 89.7 Å². The number of esters is 1. The summed E-state index contributed by atoms with van der Waals surface area (Å²) in [7, 11) is 2.18. The monoisotopic (exact) mass is 529 g/mol. The van der Waals surface area contributed by atoms with Crippen molar-refractivity contribution in [2.45, 2.75) is 25.2 Å². The molecule has 0 aliphatic carbocycles. The Morgan fingerprint density at radius 2 is 1.74 bits per heavy atom. The van der Waals surface area contributed by atoms with E-state index in [1.807, 2.05) is 13.0 Å². The van der Waals surface area contributed by atoms with E-state index in [1.165, 1.54) is 16.9 Å². The largest absolute Gasteiger partial charge is 0.460 e. The minimum Gasteiger partial charge on any atom is -0.460 e. The zero-order valence-corrected chi connectivity index (χ0v) is 23.2. The van der Waals surface area contributed by atoms with Crippen molar-refractivity contribution in [1.82, 2.24) is 4.90 Å². The molecule has 5 rings (SSSR count). The first-order valence-corrected chi connectivity index (χ1v) is 14.0. The third-order valence-electron chi connectivity index (χ3n) is 7.04. The summed E-state index contributed by atoms with van der Waals surface area (Å²) < 4.78 is 13.4. The zero-order chi connectivity index (χ0) is 26.5. The Hall–Kier alpha value is -3.42. The summed E-state index contributed by atoms with van der Waals surface area (Å²) in [6.45, 7) is 9.19. The molecule has 0 unspecified atom stereocenters. The molecule has 1 fully saturated rings. The maximum Gasteiger partial charge on any atom is 0.374 e. The van der Waals surface area contributed by atoms with Crippen LogP contribution in [-0.4, -0.2) is 57.2 Å². The molecule has 0 saturated carbocycles. The van der Waals surface area contributed by atoms with Crippen molar-refractivity contribution < 1.29 is 13.9 Å². The third kappa shape index (κ3) is 6.00. The number of benzene rings is 3. The molecule has 1 aromatic heterocycles. The molecule has 198 valence electrons. The summed E-state index contributed by atoms with van der Waals surface area (Å²) in [6.07, 6.45) is 0.939. The van der Waals surface area contributed by atoms with Crippen LogP contribution in [0.3, 0.4) is 0 Å². The number of rotatable bonds is 9. The second-order valence-corrected chi connectivity index (χ2v) is 10.8. The fraction of sp³-hybridized carbons (Fsp3) is 0.323. The molecule has 0 bridgehead atoms. The lowest BCUT2D eigenvalue weighted by atomic mass is 10.1. The number of ether oxygens (including phenoxy) is 1. The highest BCUT2D eigenvalue weighted by atomic mass is 32.2. The maximum absolute atomic E-state index is 12.3. The Bertz CT molecular complexity index is 1360. The fourth-order valence-corrected chi connectivity index (χ4v) is 5.74. The topological polar surface area (TPSA) is 49.2 Å². The van der Waals surface area contributed by atoms with Crippen molar-refractivity contribution >= 4 is 40.3 Å². The van der Waals surface area contributed by atoms with Gasteiger partial charge in [-0.25, -0.2) is 4.79 Å². The van der Waals surface area contributed by atoms with Gasteiger partial charge in [-0.05, 0) is 87.3 Å². The van der Waals surface area contributed by atoms with Gasteiger partial charge in [0.15, 0.2) is 0 Å². The molecule has 3 aromatic carbocycles. The van der Waals surface area contributed by atoms with Gasteiger partial charge in [0.1, 0.15) is 5.58 Å². The molecule has 0 atom stereocenters. The fourth-order valence-electron chi connectivity index (χ4n) is 4.77. The lowest BCUT2D eigenvalue weighted by Gasteiger charge is -2.34. The van der Waals surface area contributed by atoms with E-state index in [4.69, 9.17) is 9.15 Å². The highest BCUT2D eigenvalue weighted by Crippen LogP contribution is 2.35. The van der Waals surface area contributed by atoms with E-state index in [9.17, 15) is 4.79 Å². The van der Waals surface area contributed by atoms with Gasteiger partial charge in [0.25, 0.3) is 0 Å². The third-order valence-corrected chi connectivity index (χ3v) is 8.12. The molecule has 7 heteroatoms. The molecule has 0 radical (unpaired) electrons.